The molecule has 4 heteroatoms. The molecule has 1 aliphatic heterocycles. The molecule has 0 bridgehead atoms. The fourth-order valence-electron chi connectivity index (χ4n) is 5.25. The smallest absolute Gasteiger partial charge is 0.223 e. The Bertz CT molecular complexity index is 658. The van der Waals surface area contributed by atoms with E-state index in [9.17, 15) is 4.79 Å². The quantitative estimate of drug-likeness (QED) is 0.411. The van der Waals surface area contributed by atoms with Gasteiger partial charge in [-0.25, -0.2) is 0 Å². The molecule has 1 saturated carbocycles. The molecular formula is C26H43ClN2O. The Morgan fingerprint density at radius 1 is 1.20 bits per heavy atom. The molecule has 1 amide bonds. The molecule has 2 aliphatic rings. The summed E-state index contributed by atoms with van der Waals surface area (Å²) in [5, 5.41) is 4.25. The van der Waals surface area contributed by atoms with E-state index in [0.717, 1.165) is 55.9 Å². The molecule has 0 aromatic carbocycles. The second-order valence-corrected chi connectivity index (χ2v) is 10.8. The van der Waals surface area contributed by atoms with Crippen LogP contribution in [0.15, 0.2) is 35.5 Å². The van der Waals surface area contributed by atoms with Crippen LogP contribution >= 0.6 is 11.6 Å². The predicted octanol–water partition coefficient (Wildman–Crippen LogP) is 6.66. The van der Waals surface area contributed by atoms with Crippen LogP contribution in [0.4, 0.5) is 0 Å². The summed E-state index contributed by atoms with van der Waals surface area (Å²) in [5.74, 6) is 1.21. The minimum absolute atomic E-state index is 0.00199. The predicted molar refractivity (Wildman–Crippen MR) is 129 cm³/mol. The Balaban J connectivity index is 2.00. The number of nitrogens with one attached hydrogen (secondary N) is 1. The summed E-state index contributed by atoms with van der Waals surface area (Å²) in [5.41, 5.74) is 2.48. The average molecular weight is 435 g/mol. The number of hydrogen-bond acceptors (Lipinski definition) is 2. The van der Waals surface area contributed by atoms with Crippen molar-refractivity contribution in [2.24, 2.45) is 23.2 Å². The van der Waals surface area contributed by atoms with E-state index in [1.807, 2.05) is 13.0 Å². The monoisotopic (exact) mass is 434 g/mol. The van der Waals surface area contributed by atoms with Crippen LogP contribution in [0.1, 0.15) is 79.6 Å². The topological polar surface area (TPSA) is 32.3 Å². The zero-order chi connectivity index (χ0) is 22.5. The molecule has 2 rings (SSSR count). The van der Waals surface area contributed by atoms with Gasteiger partial charge in [0, 0.05) is 29.7 Å². The minimum atomic E-state index is 0.00199. The van der Waals surface area contributed by atoms with Crippen molar-refractivity contribution in [3.05, 3.63) is 35.5 Å². The molecule has 0 spiro atoms. The van der Waals surface area contributed by atoms with E-state index in [0.29, 0.717) is 11.8 Å². The summed E-state index contributed by atoms with van der Waals surface area (Å²) >= 11 is 6.20. The number of carbonyl (C=O) groups excluding carboxylic acids is 1. The first kappa shape index (κ1) is 25.0. The number of rotatable bonds is 9. The fraction of sp³-hybridized carbons (Fsp3) is 0.731. The SMILES string of the molecule is C=C(CC/C(Cl)=C\C)C1CCN(C(=C)[C@H](NC(=O)C2CCCC2)C(C)C)CC1(C)C. The third-order valence-electron chi connectivity index (χ3n) is 7.18. The van der Waals surface area contributed by atoms with Gasteiger partial charge in [0.2, 0.25) is 5.91 Å². The third-order valence-corrected chi connectivity index (χ3v) is 7.58. The van der Waals surface area contributed by atoms with Gasteiger partial charge in [0.15, 0.2) is 0 Å². The van der Waals surface area contributed by atoms with E-state index in [1.165, 1.54) is 18.4 Å². The number of hydrogen-bond donors (Lipinski definition) is 1. The summed E-state index contributed by atoms with van der Waals surface area (Å²) < 4.78 is 0. The zero-order valence-corrected chi connectivity index (χ0v) is 20.7. The molecule has 2 atom stereocenters. The first-order valence-corrected chi connectivity index (χ1v) is 12.2. The Hall–Kier alpha value is -1.22. The van der Waals surface area contributed by atoms with Gasteiger partial charge in [-0.3, -0.25) is 4.79 Å². The van der Waals surface area contributed by atoms with Crippen molar-refractivity contribution in [3.8, 4) is 0 Å². The molecule has 1 heterocycles. The second kappa shape index (κ2) is 10.9. The van der Waals surface area contributed by atoms with Gasteiger partial charge in [-0.1, -0.05) is 76.9 Å². The maximum Gasteiger partial charge on any atom is 0.223 e. The molecule has 0 aromatic rings. The van der Waals surface area contributed by atoms with Gasteiger partial charge in [0.25, 0.3) is 0 Å². The van der Waals surface area contributed by atoms with Crippen LogP contribution in [0.25, 0.3) is 0 Å². The number of piperidine rings is 1. The van der Waals surface area contributed by atoms with Crippen molar-refractivity contribution in [1.82, 2.24) is 10.2 Å². The highest BCUT2D eigenvalue weighted by molar-refractivity contribution is 6.29. The molecule has 1 saturated heterocycles. The van der Waals surface area contributed by atoms with E-state index < -0.39 is 0 Å². The van der Waals surface area contributed by atoms with Crippen molar-refractivity contribution >= 4 is 17.5 Å². The summed E-state index contributed by atoms with van der Waals surface area (Å²) in [4.78, 5) is 15.2. The second-order valence-electron chi connectivity index (χ2n) is 10.3. The van der Waals surface area contributed by atoms with Gasteiger partial charge < -0.3 is 10.2 Å². The number of amides is 1. The Labute approximate surface area is 190 Å². The fourth-order valence-corrected chi connectivity index (χ4v) is 5.34. The highest BCUT2D eigenvalue weighted by Crippen LogP contribution is 2.42. The van der Waals surface area contributed by atoms with Gasteiger partial charge in [-0.2, -0.15) is 0 Å². The summed E-state index contributed by atoms with van der Waals surface area (Å²) in [6.07, 6.45) is 9.28. The molecule has 2 fully saturated rings. The maximum atomic E-state index is 12.8. The van der Waals surface area contributed by atoms with Crippen LogP contribution in [-0.2, 0) is 4.79 Å². The van der Waals surface area contributed by atoms with E-state index in [1.54, 1.807) is 0 Å². The molecule has 0 radical (unpaired) electrons. The van der Waals surface area contributed by atoms with Gasteiger partial charge in [-0.15, -0.1) is 0 Å². The van der Waals surface area contributed by atoms with Crippen LogP contribution < -0.4 is 5.32 Å². The lowest BCUT2D eigenvalue weighted by Gasteiger charge is -2.48. The van der Waals surface area contributed by atoms with E-state index in [2.05, 4.69) is 51.1 Å². The van der Waals surface area contributed by atoms with Crippen molar-refractivity contribution < 1.29 is 4.79 Å². The molecule has 1 aliphatic carbocycles. The number of likely N-dealkylation sites (tertiary alicyclic amines) is 1. The summed E-state index contributed by atoms with van der Waals surface area (Å²) in [7, 11) is 0. The van der Waals surface area contributed by atoms with Crippen molar-refractivity contribution in [1.29, 1.82) is 0 Å². The zero-order valence-electron chi connectivity index (χ0n) is 19.9. The molecule has 1 N–H and O–H groups in total. The Morgan fingerprint density at radius 3 is 2.37 bits per heavy atom. The van der Waals surface area contributed by atoms with E-state index in [-0.39, 0.29) is 23.3 Å². The standard InChI is InChI=1S/C26H43ClN2O/c1-8-22(27)14-13-19(4)23-15-16-29(17-26(23,6)7)20(5)24(18(2)3)28-25(30)21-11-9-10-12-21/h8,18,21,23-24H,4-5,9-17H2,1-3,6-7H3,(H,28,30)/b22-8+/t23?,24-/m1/s1. The highest BCUT2D eigenvalue weighted by Gasteiger charge is 2.39. The van der Waals surface area contributed by atoms with E-state index >= 15 is 0 Å². The molecule has 3 nitrogen and oxygen atoms in total. The minimum Gasteiger partial charge on any atom is -0.373 e. The largest absolute Gasteiger partial charge is 0.373 e. The molecule has 0 aromatic heterocycles. The van der Waals surface area contributed by atoms with Crippen molar-refractivity contribution in [2.45, 2.75) is 85.6 Å². The number of carbonyl (C=O) groups is 1. The highest BCUT2D eigenvalue weighted by atomic mass is 35.5. The lowest BCUT2D eigenvalue weighted by Crippen LogP contribution is -2.51. The van der Waals surface area contributed by atoms with Crippen LogP contribution in [0.2, 0.25) is 0 Å². The lowest BCUT2D eigenvalue weighted by molar-refractivity contribution is -0.125. The third kappa shape index (κ3) is 6.39. The lowest BCUT2D eigenvalue weighted by atomic mass is 9.69. The Morgan fingerprint density at radius 2 is 1.83 bits per heavy atom. The maximum absolute atomic E-state index is 12.8. The number of halogens is 1. The van der Waals surface area contributed by atoms with Crippen LogP contribution in [0.3, 0.4) is 0 Å². The molecule has 170 valence electrons. The van der Waals surface area contributed by atoms with Crippen LogP contribution in [-0.4, -0.2) is 29.9 Å². The van der Waals surface area contributed by atoms with Gasteiger partial charge in [-0.05, 0) is 56.3 Å². The summed E-state index contributed by atoms with van der Waals surface area (Å²) in [6.45, 7) is 21.8. The van der Waals surface area contributed by atoms with Gasteiger partial charge in [0.1, 0.15) is 0 Å². The molecular weight excluding hydrogens is 392 g/mol. The van der Waals surface area contributed by atoms with Crippen LogP contribution in [0.5, 0.6) is 0 Å². The number of nitrogens with zero attached hydrogens (tertiary/aromatic N) is 1. The normalized spacial score (nSPS) is 23.5. The van der Waals surface area contributed by atoms with Crippen molar-refractivity contribution in [3.63, 3.8) is 0 Å². The first-order valence-electron chi connectivity index (χ1n) is 11.8. The summed E-state index contributed by atoms with van der Waals surface area (Å²) in [6, 6.07) is 0.00199. The van der Waals surface area contributed by atoms with Crippen LogP contribution in [0, 0.1) is 23.2 Å². The molecule has 1 unspecified atom stereocenters. The average Bonchev–Trinajstić information content (AvgIpc) is 3.23. The van der Waals surface area contributed by atoms with Crippen molar-refractivity contribution in [2.75, 3.05) is 13.1 Å². The Kier molecular flexibility index (Phi) is 9.09. The molecule has 30 heavy (non-hydrogen) atoms. The number of allylic oxidation sites excluding steroid dienone is 3. The van der Waals surface area contributed by atoms with Gasteiger partial charge in [0.05, 0.1) is 6.04 Å². The van der Waals surface area contributed by atoms with E-state index in [4.69, 9.17) is 11.6 Å². The first-order chi connectivity index (χ1) is 14.1. The van der Waals surface area contributed by atoms with Gasteiger partial charge >= 0.3 is 0 Å².